The third kappa shape index (κ3) is 5.41. The molecule has 0 atom stereocenters. The smallest absolute Gasteiger partial charge is 0.277 e. The number of benzene rings is 2. The van der Waals surface area contributed by atoms with Crippen LogP contribution in [0.15, 0.2) is 60.2 Å². The van der Waals surface area contributed by atoms with Crippen molar-refractivity contribution in [1.82, 2.24) is 5.43 Å². The van der Waals surface area contributed by atoms with Crippen LogP contribution in [0.5, 0.6) is 5.75 Å². The number of para-hydroxylation sites is 1. The molecule has 124 valence electrons. The Morgan fingerprint density at radius 2 is 2.04 bits per heavy atom. The fourth-order valence-electron chi connectivity index (χ4n) is 1.92. The lowest BCUT2D eigenvalue weighted by Crippen LogP contribution is -2.24. The van der Waals surface area contributed by atoms with E-state index in [4.69, 9.17) is 27.9 Å². The van der Waals surface area contributed by atoms with Gasteiger partial charge in [-0.3, -0.25) is 4.79 Å². The fourth-order valence-corrected chi connectivity index (χ4v) is 2.38. The number of nitrogens with zero attached hydrogens (tertiary/aromatic N) is 1. The van der Waals surface area contributed by atoms with Crippen molar-refractivity contribution in [2.75, 3.05) is 6.61 Å². The van der Waals surface area contributed by atoms with Crippen molar-refractivity contribution in [2.24, 2.45) is 5.10 Å². The molecule has 0 unspecified atom stereocenters. The highest BCUT2D eigenvalue weighted by Gasteiger charge is 2.05. The van der Waals surface area contributed by atoms with Crippen LogP contribution in [0.3, 0.4) is 0 Å². The van der Waals surface area contributed by atoms with Crippen LogP contribution in [0.25, 0.3) is 0 Å². The molecule has 1 N–H and O–H groups in total. The minimum Gasteiger partial charge on any atom is -0.483 e. The van der Waals surface area contributed by atoms with Gasteiger partial charge < -0.3 is 4.74 Å². The number of allylic oxidation sites excluding steroid dienone is 1. The zero-order valence-electron chi connectivity index (χ0n) is 12.8. The van der Waals surface area contributed by atoms with Crippen LogP contribution >= 0.6 is 23.2 Å². The van der Waals surface area contributed by atoms with Gasteiger partial charge in [-0.15, -0.1) is 6.58 Å². The van der Waals surface area contributed by atoms with E-state index in [0.717, 1.165) is 5.56 Å². The van der Waals surface area contributed by atoms with Crippen LogP contribution in [0.2, 0.25) is 10.0 Å². The van der Waals surface area contributed by atoms with Crippen LogP contribution in [-0.2, 0) is 11.2 Å². The molecule has 4 nitrogen and oxygen atoms in total. The molecule has 24 heavy (non-hydrogen) atoms. The molecule has 0 aromatic heterocycles. The van der Waals surface area contributed by atoms with Gasteiger partial charge in [-0.05, 0) is 30.2 Å². The summed E-state index contributed by atoms with van der Waals surface area (Å²) in [7, 11) is 0. The first-order valence-corrected chi connectivity index (χ1v) is 7.94. The Morgan fingerprint density at radius 3 is 2.79 bits per heavy atom. The maximum absolute atomic E-state index is 11.8. The first-order valence-electron chi connectivity index (χ1n) is 7.18. The number of amides is 1. The predicted molar refractivity (Wildman–Crippen MR) is 98.0 cm³/mol. The topological polar surface area (TPSA) is 50.7 Å². The van der Waals surface area contributed by atoms with Crippen molar-refractivity contribution in [3.63, 3.8) is 0 Å². The molecular formula is C18H16Cl2N2O2. The molecular weight excluding hydrogens is 347 g/mol. The van der Waals surface area contributed by atoms with Crippen molar-refractivity contribution in [3.8, 4) is 5.75 Å². The number of hydrogen-bond donors (Lipinski definition) is 1. The van der Waals surface area contributed by atoms with E-state index in [1.165, 1.54) is 6.21 Å². The third-order valence-electron chi connectivity index (χ3n) is 3.05. The van der Waals surface area contributed by atoms with Crippen molar-refractivity contribution in [3.05, 3.63) is 76.3 Å². The number of carbonyl (C=O) groups is 1. The molecule has 0 spiro atoms. The first-order chi connectivity index (χ1) is 11.6. The van der Waals surface area contributed by atoms with E-state index >= 15 is 0 Å². The lowest BCUT2D eigenvalue weighted by molar-refractivity contribution is -0.123. The van der Waals surface area contributed by atoms with Gasteiger partial charge in [-0.1, -0.05) is 53.5 Å². The van der Waals surface area contributed by atoms with Crippen LogP contribution < -0.4 is 10.2 Å². The van der Waals surface area contributed by atoms with Gasteiger partial charge in [0.1, 0.15) is 5.75 Å². The second-order valence-electron chi connectivity index (χ2n) is 4.85. The molecule has 0 radical (unpaired) electrons. The van der Waals surface area contributed by atoms with Crippen molar-refractivity contribution in [2.45, 2.75) is 6.42 Å². The highest BCUT2D eigenvalue weighted by molar-refractivity contribution is 6.36. The van der Waals surface area contributed by atoms with Crippen LogP contribution in [-0.4, -0.2) is 18.7 Å². The van der Waals surface area contributed by atoms with Gasteiger partial charge in [0.25, 0.3) is 5.91 Å². The molecule has 2 aromatic carbocycles. The Bertz CT molecular complexity index is 760. The second kappa shape index (κ2) is 9.11. The van der Waals surface area contributed by atoms with Crippen LogP contribution in [0, 0.1) is 0 Å². The summed E-state index contributed by atoms with van der Waals surface area (Å²) >= 11 is 11.8. The lowest BCUT2D eigenvalue weighted by atomic mass is 10.1. The van der Waals surface area contributed by atoms with Gasteiger partial charge in [0, 0.05) is 10.6 Å². The molecule has 2 rings (SSSR count). The maximum Gasteiger partial charge on any atom is 0.277 e. The molecule has 0 aliphatic rings. The second-order valence-corrected chi connectivity index (χ2v) is 5.69. The quantitative estimate of drug-likeness (QED) is 0.454. The zero-order chi connectivity index (χ0) is 17.4. The number of ether oxygens (including phenoxy) is 1. The molecule has 0 aliphatic carbocycles. The summed E-state index contributed by atoms with van der Waals surface area (Å²) in [6.07, 6.45) is 3.90. The minimum absolute atomic E-state index is 0.139. The van der Waals surface area contributed by atoms with Gasteiger partial charge in [-0.2, -0.15) is 5.10 Å². The average Bonchev–Trinajstić information content (AvgIpc) is 2.56. The molecule has 0 saturated heterocycles. The highest BCUT2D eigenvalue weighted by Crippen LogP contribution is 2.19. The number of hydrogen-bond acceptors (Lipinski definition) is 3. The van der Waals surface area contributed by atoms with Crippen molar-refractivity contribution >= 4 is 35.3 Å². The monoisotopic (exact) mass is 362 g/mol. The molecule has 0 saturated carbocycles. The molecule has 0 aliphatic heterocycles. The summed E-state index contributed by atoms with van der Waals surface area (Å²) in [5.74, 6) is 0.280. The van der Waals surface area contributed by atoms with Gasteiger partial charge in [-0.25, -0.2) is 5.43 Å². The summed E-state index contributed by atoms with van der Waals surface area (Å²) in [4.78, 5) is 11.8. The van der Waals surface area contributed by atoms with Crippen LogP contribution in [0.1, 0.15) is 11.1 Å². The molecule has 0 bridgehead atoms. The van der Waals surface area contributed by atoms with E-state index in [1.807, 2.05) is 24.3 Å². The van der Waals surface area contributed by atoms with Gasteiger partial charge >= 0.3 is 0 Å². The summed E-state index contributed by atoms with van der Waals surface area (Å²) in [6, 6.07) is 12.5. The zero-order valence-corrected chi connectivity index (χ0v) is 14.3. The number of rotatable bonds is 7. The van der Waals surface area contributed by atoms with Gasteiger partial charge in [0.05, 0.1) is 11.2 Å². The SMILES string of the molecule is C=CCc1ccccc1OCC(=O)N/N=C\c1ccc(Cl)cc1Cl. The molecule has 6 heteroatoms. The van der Waals surface area contributed by atoms with Crippen molar-refractivity contribution in [1.29, 1.82) is 0 Å². The number of hydrazone groups is 1. The molecule has 2 aromatic rings. The molecule has 0 heterocycles. The Balaban J connectivity index is 1.87. The summed E-state index contributed by atoms with van der Waals surface area (Å²) in [5, 5.41) is 4.84. The third-order valence-corrected chi connectivity index (χ3v) is 3.61. The average molecular weight is 363 g/mol. The van der Waals surface area contributed by atoms with Gasteiger partial charge in [0.15, 0.2) is 6.61 Å². The van der Waals surface area contributed by atoms with Crippen LogP contribution in [0.4, 0.5) is 0 Å². The first kappa shape index (κ1) is 18.0. The standard InChI is InChI=1S/C18H16Cl2N2O2/c1-2-5-13-6-3-4-7-17(13)24-12-18(23)22-21-11-14-8-9-15(19)10-16(14)20/h2-4,6-11H,1,5,12H2,(H,22,23)/b21-11-. The maximum atomic E-state index is 11.8. The summed E-state index contributed by atoms with van der Waals surface area (Å²) in [5.41, 5.74) is 4.01. The van der Waals surface area contributed by atoms with E-state index in [2.05, 4.69) is 17.1 Å². The fraction of sp³-hybridized carbons (Fsp3) is 0.111. The Kier molecular flexibility index (Phi) is 6.85. The molecule has 0 fully saturated rings. The normalized spacial score (nSPS) is 10.6. The van der Waals surface area contributed by atoms with E-state index in [-0.39, 0.29) is 12.5 Å². The van der Waals surface area contributed by atoms with E-state index in [0.29, 0.717) is 27.8 Å². The number of carbonyl (C=O) groups excluding carboxylic acids is 1. The Morgan fingerprint density at radius 1 is 1.25 bits per heavy atom. The summed E-state index contributed by atoms with van der Waals surface area (Å²) < 4.78 is 5.52. The number of nitrogens with one attached hydrogen (secondary N) is 1. The molecule has 1 amide bonds. The Labute approximate surface area is 150 Å². The number of halogens is 2. The lowest BCUT2D eigenvalue weighted by Gasteiger charge is -2.09. The van der Waals surface area contributed by atoms with Gasteiger partial charge in [0.2, 0.25) is 0 Å². The largest absolute Gasteiger partial charge is 0.483 e. The van der Waals surface area contributed by atoms with E-state index in [1.54, 1.807) is 24.3 Å². The minimum atomic E-state index is -0.371. The Hall–Kier alpha value is -2.30. The van der Waals surface area contributed by atoms with E-state index < -0.39 is 0 Å². The highest BCUT2D eigenvalue weighted by atomic mass is 35.5. The summed E-state index contributed by atoms with van der Waals surface area (Å²) in [6.45, 7) is 3.56. The van der Waals surface area contributed by atoms with Crippen molar-refractivity contribution < 1.29 is 9.53 Å². The predicted octanol–water partition coefficient (Wildman–Crippen LogP) is 4.25. The van der Waals surface area contributed by atoms with E-state index in [9.17, 15) is 4.79 Å².